The zero-order valence-electron chi connectivity index (χ0n) is 9.00. The average Bonchev–Trinajstić information content (AvgIpc) is 2.76. The summed E-state index contributed by atoms with van der Waals surface area (Å²) in [5.74, 6) is -0.290. The molecule has 1 heterocycles. The minimum absolute atomic E-state index is 0.260. The molecule has 0 aliphatic rings. The summed E-state index contributed by atoms with van der Waals surface area (Å²) in [6, 6.07) is 3.38. The van der Waals surface area contributed by atoms with Crippen molar-refractivity contribution in [1.29, 1.82) is 0 Å². The first-order valence-corrected chi connectivity index (χ1v) is 4.95. The molecule has 7 heteroatoms. The van der Waals surface area contributed by atoms with Gasteiger partial charge in [0.05, 0.1) is 16.6 Å². The lowest BCUT2D eigenvalue weighted by atomic mass is 10.1. The van der Waals surface area contributed by atoms with E-state index in [4.69, 9.17) is 0 Å². The van der Waals surface area contributed by atoms with Crippen LogP contribution in [0.4, 0.5) is 10.1 Å². The molecular formula is C10H9FN4O2. The van der Waals surface area contributed by atoms with E-state index in [1.807, 2.05) is 6.92 Å². The summed E-state index contributed by atoms with van der Waals surface area (Å²) >= 11 is 0. The van der Waals surface area contributed by atoms with E-state index in [1.54, 1.807) is 4.57 Å². The van der Waals surface area contributed by atoms with Crippen molar-refractivity contribution < 1.29 is 9.31 Å². The molecule has 0 atom stereocenters. The fourth-order valence-electron chi connectivity index (χ4n) is 1.54. The second kappa shape index (κ2) is 4.28. The number of benzene rings is 1. The third-order valence-electron chi connectivity index (χ3n) is 2.35. The Kier molecular flexibility index (Phi) is 2.82. The Balaban J connectivity index is 2.63. The Morgan fingerprint density at radius 1 is 1.53 bits per heavy atom. The van der Waals surface area contributed by atoms with Crippen LogP contribution in [0, 0.1) is 15.9 Å². The van der Waals surface area contributed by atoms with Crippen LogP contribution < -0.4 is 0 Å². The van der Waals surface area contributed by atoms with Crippen molar-refractivity contribution in [1.82, 2.24) is 14.8 Å². The van der Waals surface area contributed by atoms with E-state index in [2.05, 4.69) is 10.2 Å². The maximum Gasteiger partial charge on any atom is 0.283 e. The summed E-state index contributed by atoms with van der Waals surface area (Å²) in [4.78, 5) is 10.2. The lowest BCUT2D eigenvalue weighted by Gasteiger charge is -2.04. The van der Waals surface area contributed by atoms with Gasteiger partial charge in [-0.25, -0.2) is 4.39 Å². The first-order chi connectivity index (χ1) is 8.13. The average molecular weight is 236 g/mol. The van der Waals surface area contributed by atoms with Gasteiger partial charge < -0.3 is 4.57 Å². The second-order valence-corrected chi connectivity index (χ2v) is 3.36. The number of rotatable bonds is 3. The molecule has 0 N–H and O–H groups in total. The predicted molar refractivity (Wildman–Crippen MR) is 57.7 cm³/mol. The van der Waals surface area contributed by atoms with Gasteiger partial charge in [0.15, 0.2) is 5.82 Å². The highest BCUT2D eigenvalue weighted by atomic mass is 19.1. The van der Waals surface area contributed by atoms with Crippen LogP contribution in [0.25, 0.3) is 11.4 Å². The van der Waals surface area contributed by atoms with Crippen LogP contribution in [0.2, 0.25) is 0 Å². The molecule has 1 aromatic carbocycles. The topological polar surface area (TPSA) is 73.8 Å². The first-order valence-electron chi connectivity index (χ1n) is 4.95. The lowest BCUT2D eigenvalue weighted by Crippen LogP contribution is -2.00. The summed E-state index contributed by atoms with van der Waals surface area (Å²) in [5, 5.41) is 18.4. The first kappa shape index (κ1) is 11.2. The van der Waals surface area contributed by atoms with Crippen molar-refractivity contribution in [3.05, 3.63) is 40.5 Å². The number of aromatic nitrogens is 3. The molecule has 0 fully saturated rings. The summed E-state index contributed by atoms with van der Waals surface area (Å²) < 4.78 is 14.6. The van der Waals surface area contributed by atoms with Gasteiger partial charge in [-0.05, 0) is 19.1 Å². The molecule has 0 aliphatic carbocycles. The van der Waals surface area contributed by atoms with E-state index in [-0.39, 0.29) is 11.3 Å². The van der Waals surface area contributed by atoms with Gasteiger partial charge in [-0.2, -0.15) is 0 Å². The normalized spacial score (nSPS) is 10.5. The smallest absolute Gasteiger partial charge is 0.283 e. The minimum atomic E-state index is -0.650. The number of hydrogen-bond donors (Lipinski definition) is 0. The number of halogens is 1. The van der Waals surface area contributed by atoms with Crippen molar-refractivity contribution in [2.24, 2.45) is 0 Å². The monoisotopic (exact) mass is 236 g/mol. The maximum atomic E-state index is 13.0. The molecule has 0 amide bonds. The highest BCUT2D eigenvalue weighted by Gasteiger charge is 2.20. The molecule has 0 bridgehead atoms. The van der Waals surface area contributed by atoms with Gasteiger partial charge in [0.2, 0.25) is 0 Å². The highest BCUT2D eigenvalue weighted by molar-refractivity contribution is 5.67. The molecule has 0 unspecified atom stereocenters. The molecule has 2 rings (SSSR count). The zero-order valence-corrected chi connectivity index (χ0v) is 9.00. The molecule has 0 aliphatic heterocycles. The number of nitro groups is 1. The SMILES string of the molecule is CCn1cnnc1-c1ccc(F)cc1[N+](=O)[O-]. The van der Waals surface area contributed by atoms with Crippen molar-refractivity contribution >= 4 is 5.69 Å². The van der Waals surface area contributed by atoms with Crippen LogP contribution in [0.15, 0.2) is 24.5 Å². The molecule has 88 valence electrons. The maximum absolute atomic E-state index is 13.0. The van der Waals surface area contributed by atoms with Crippen LogP contribution in [-0.4, -0.2) is 19.7 Å². The van der Waals surface area contributed by atoms with E-state index in [9.17, 15) is 14.5 Å². The van der Waals surface area contributed by atoms with Gasteiger partial charge >= 0.3 is 0 Å². The summed E-state index contributed by atoms with van der Waals surface area (Å²) in [6.45, 7) is 2.44. The van der Waals surface area contributed by atoms with Gasteiger partial charge in [-0.1, -0.05) is 0 Å². The van der Waals surface area contributed by atoms with Gasteiger partial charge in [-0.15, -0.1) is 10.2 Å². The van der Waals surface area contributed by atoms with Gasteiger partial charge in [0.1, 0.15) is 12.1 Å². The molecule has 2 aromatic rings. The highest BCUT2D eigenvalue weighted by Crippen LogP contribution is 2.28. The van der Waals surface area contributed by atoms with Crippen LogP contribution >= 0.6 is 0 Å². The van der Waals surface area contributed by atoms with Crippen molar-refractivity contribution in [2.75, 3.05) is 0 Å². The van der Waals surface area contributed by atoms with Crippen molar-refractivity contribution in [3.63, 3.8) is 0 Å². The Morgan fingerprint density at radius 2 is 2.29 bits per heavy atom. The van der Waals surface area contributed by atoms with E-state index in [1.165, 1.54) is 12.4 Å². The molecular weight excluding hydrogens is 227 g/mol. The number of nitro benzene ring substituents is 1. The number of nitrogens with zero attached hydrogens (tertiary/aromatic N) is 4. The van der Waals surface area contributed by atoms with Crippen molar-refractivity contribution in [2.45, 2.75) is 13.5 Å². The van der Waals surface area contributed by atoms with Gasteiger partial charge in [0, 0.05) is 6.54 Å². The van der Waals surface area contributed by atoms with E-state index >= 15 is 0 Å². The largest absolute Gasteiger partial charge is 0.314 e. The number of hydrogen-bond acceptors (Lipinski definition) is 4. The van der Waals surface area contributed by atoms with Crippen LogP contribution in [-0.2, 0) is 6.54 Å². The Morgan fingerprint density at radius 3 is 2.94 bits per heavy atom. The van der Waals surface area contributed by atoms with Crippen LogP contribution in [0.5, 0.6) is 0 Å². The molecule has 6 nitrogen and oxygen atoms in total. The fourth-order valence-corrected chi connectivity index (χ4v) is 1.54. The van der Waals surface area contributed by atoms with E-state index in [0.717, 1.165) is 12.1 Å². The summed E-state index contributed by atoms with van der Waals surface area (Å²) in [7, 11) is 0. The quantitative estimate of drug-likeness (QED) is 0.603. The Bertz CT molecular complexity index is 567. The molecule has 0 radical (unpaired) electrons. The lowest BCUT2D eigenvalue weighted by molar-refractivity contribution is -0.384. The third kappa shape index (κ3) is 1.99. The van der Waals surface area contributed by atoms with Crippen LogP contribution in [0.3, 0.4) is 0 Å². The zero-order chi connectivity index (χ0) is 12.4. The predicted octanol–water partition coefficient (Wildman–Crippen LogP) is 2.01. The second-order valence-electron chi connectivity index (χ2n) is 3.36. The molecule has 0 spiro atoms. The fraction of sp³-hybridized carbons (Fsp3) is 0.200. The number of aryl methyl sites for hydroxylation is 1. The van der Waals surface area contributed by atoms with Crippen LogP contribution in [0.1, 0.15) is 6.92 Å². The third-order valence-corrected chi connectivity index (χ3v) is 2.35. The Labute approximate surface area is 95.9 Å². The summed E-state index contributed by atoms with van der Waals surface area (Å²) in [6.07, 6.45) is 1.47. The van der Waals surface area contributed by atoms with Gasteiger partial charge in [-0.3, -0.25) is 10.1 Å². The molecule has 0 saturated carbocycles. The molecule has 0 saturated heterocycles. The molecule has 17 heavy (non-hydrogen) atoms. The van der Waals surface area contributed by atoms with Gasteiger partial charge in [0.25, 0.3) is 5.69 Å². The summed E-state index contributed by atoms with van der Waals surface area (Å²) in [5.41, 5.74) is -0.0524. The Hall–Kier alpha value is -2.31. The van der Waals surface area contributed by atoms with E-state index in [0.29, 0.717) is 12.4 Å². The van der Waals surface area contributed by atoms with Crippen molar-refractivity contribution in [3.8, 4) is 11.4 Å². The molecule has 1 aromatic heterocycles. The minimum Gasteiger partial charge on any atom is -0.314 e. The van der Waals surface area contributed by atoms with E-state index < -0.39 is 10.7 Å². The standard InChI is InChI=1S/C10H9FN4O2/c1-2-14-6-12-13-10(14)8-4-3-7(11)5-9(8)15(16)17/h3-6H,2H2,1H3.